The lowest BCUT2D eigenvalue weighted by atomic mass is 10.1. The van der Waals surface area contributed by atoms with Crippen molar-refractivity contribution in [1.82, 2.24) is 20.6 Å². The van der Waals surface area contributed by atoms with E-state index in [-0.39, 0.29) is 47.8 Å². The molecule has 0 saturated carbocycles. The summed E-state index contributed by atoms with van der Waals surface area (Å²) in [5.74, 6) is -3.40. The van der Waals surface area contributed by atoms with E-state index in [1.165, 1.54) is 18.2 Å². The number of carboxylic acids is 2. The zero-order valence-corrected chi connectivity index (χ0v) is 23.4. The number of nitrogen functional groups attached to an aromatic ring is 2. The molecule has 13 nitrogen and oxygen atoms in total. The van der Waals surface area contributed by atoms with Crippen LogP contribution in [0.3, 0.4) is 0 Å². The SMILES string of the molecule is Nc1nc(N)c2c(Cl)c(CNc3ccc(C(=O)NC(CCCNC(=O)c4ccccc4C(=O)O)C(=O)O)cc3)ccc2n1. The minimum atomic E-state index is -1.23. The number of aliphatic carboxylic acids is 1. The number of fused-ring (bicyclic) bond motifs is 1. The van der Waals surface area contributed by atoms with Crippen LogP contribution in [0.5, 0.6) is 0 Å². The lowest BCUT2D eigenvalue weighted by Gasteiger charge is -2.15. The first-order valence-corrected chi connectivity index (χ1v) is 13.4. The number of aromatic carboxylic acids is 1. The maximum atomic E-state index is 12.7. The minimum absolute atomic E-state index is 0.00120. The summed E-state index contributed by atoms with van der Waals surface area (Å²) >= 11 is 6.53. The predicted octanol–water partition coefficient (Wildman–Crippen LogP) is 3.15. The van der Waals surface area contributed by atoms with Gasteiger partial charge in [0.25, 0.3) is 11.8 Å². The molecule has 9 N–H and O–H groups in total. The van der Waals surface area contributed by atoms with Crippen LogP contribution in [0.2, 0.25) is 5.02 Å². The lowest BCUT2D eigenvalue weighted by Crippen LogP contribution is -2.41. The normalized spacial score (nSPS) is 11.5. The highest BCUT2D eigenvalue weighted by Gasteiger charge is 2.21. The molecule has 0 aliphatic carbocycles. The largest absolute Gasteiger partial charge is 0.480 e. The molecule has 14 heteroatoms. The van der Waals surface area contributed by atoms with Crippen LogP contribution in [0.25, 0.3) is 10.9 Å². The van der Waals surface area contributed by atoms with Crippen molar-refractivity contribution in [3.8, 4) is 0 Å². The molecule has 43 heavy (non-hydrogen) atoms. The number of rotatable bonds is 12. The number of hydrogen-bond acceptors (Lipinski definition) is 9. The van der Waals surface area contributed by atoms with Crippen LogP contribution in [-0.2, 0) is 11.3 Å². The standard InChI is InChI=1S/C29H28ClN7O6/c30-23-16(9-12-20-22(23)24(31)37-29(32)36-20)14-34-17-10-7-15(8-11-17)25(38)35-21(28(42)43)6-3-13-33-26(39)18-4-1-2-5-19(18)27(40)41/h1-2,4-5,7-12,21,34H,3,6,13-14H2,(H,33,39)(H,35,38)(H,40,41)(H,42,43)(H4,31,32,36,37). The molecule has 3 aromatic carbocycles. The first-order chi connectivity index (χ1) is 20.5. The fourth-order valence-electron chi connectivity index (χ4n) is 4.32. The Bertz CT molecular complexity index is 1700. The zero-order valence-electron chi connectivity index (χ0n) is 22.6. The molecule has 2 amide bonds. The maximum absolute atomic E-state index is 12.7. The molecular formula is C29H28ClN7O6. The van der Waals surface area contributed by atoms with Crippen LogP contribution in [0.4, 0.5) is 17.5 Å². The molecule has 0 aliphatic heterocycles. The third-order valence-electron chi connectivity index (χ3n) is 6.52. The first-order valence-electron chi connectivity index (χ1n) is 13.0. The number of nitrogens with zero attached hydrogens (tertiary/aromatic N) is 2. The highest BCUT2D eigenvalue weighted by molar-refractivity contribution is 6.37. The van der Waals surface area contributed by atoms with Crippen molar-refractivity contribution in [3.63, 3.8) is 0 Å². The van der Waals surface area contributed by atoms with E-state index < -0.39 is 29.8 Å². The van der Waals surface area contributed by atoms with Crippen molar-refractivity contribution in [2.45, 2.75) is 25.4 Å². The van der Waals surface area contributed by atoms with Crippen molar-refractivity contribution in [2.24, 2.45) is 0 Å². The number of amides is 2. The minimum Gasteiger partial charge on any atom is -0.480 e. The fourth-order valence-corrected chi connectivity index (χ4v) is 4.64. The number of benzene rings is 3. The predicted molar refractivity (Wildman–Crippen MR) is 161 cm³/mol. The van der Waals surface area contributed by atoms with Gasteiger partial charge in [0, 0.05) is 24.3 Å². The Kier molecular flexibility index (Phi) is 9.58. The molecule has 0 spiro atoms. The molecule has 0 saturated heterocycles. The molecule has 0 radical (unpaired) electrons. The molecular weight excluding hydrogens is 578 g/mol. The monoisotopic (exact) mass is 605 g/mol. The Morgan fingerprint density at radius 1 is 0.884 bits per heavy atom. The van der Waals surface area contributed by atoms with Gasteiger partial charge in [0.05, 0.1) is 27.1 Å². The summed E-state index contributed by atoms with van der Waals surface area (Å²) in [6.45, 7) is 0.422. The van der Waals surface area contributed by atoms with Crippen LogP contribution >= 0.6 is 11.6 Å². The molecule has 1 unspecified atom stereocenters. The van der Waals surface area contributed by atoms with Crippen molar-refractivity contribution in [2.75, 3.05) is 23.3 Å². The molecule has 1 atom stereocenters. The summed E-state index contributed by atoms with van der Waals surface area (Å²) in [6.07, 6.45) is 0.264. The van der Waals surface area contributed by atoms with Gasteiger partial charge in [-0.2, -0.15) is 4.98 Å². The van der Waals surface area contributed by atoms with Gasteiger partial charge in [0.15, 0.2) is 0 Å². The van der Waals surface area contributed by atoms with Crippen molar-refractivity contribution in [1.29, 1.82) is 0 Å². The van der Waals surface area contributed by atoms with E-state index in [0.29, 0.717) is 28.2 Å². The Morgan fingerprint density at radius 2 is 1.58 bits per heavy atom. The smallest absolute Gasteiger partial charge is 0.336 e. The van der Waals surface area contributed by atoms with Gasteiger partial charge in [-0.05, 0) is 60.9 Å². The van der Waals surface area contributed by atoms with Gasteiger partial charge in [0.1, 0.15) is 11.9 Å². The van der Waals surface area contributed by atoms with Gasteiger partial charge < -0.3 is 37.6 Å². The molecule has 0 bridgehead atoms. The second kappa shape index (κ2) is 13.5. The number of nitrogens with two attached hydrogens (primary N) is 2. The van der Waals surface area contributed by atoms with E-state index in [0.717, 1.165) is 5.56 Å². The van der Waals surface area contributed by atoms with E-state index >= 15 is 0 Å². The van der Waals surface area contributed by atoms with Crippen LogP contribution < -0.4 is 27.4 Å². The molecule has 1 aromatic heterocycles. The Morgan fingerprint density at radius 3 is 2.26 bits per heavy atom. The number of carbonyl (C=O) groups excluding carboxylic acids is 2. The third-order valence-corrected chi connectivity index (χ3v) is 6.95. The molecule has 0 aliphatic rings. The van der Waals surface area contributed by atoms with Gasteiger partial charge in [-0.1, -0.05) is 29.8 Å². The summed E-state index contributed by atoms with van der Waals surface area (Å²) in [4.78, 5) is 56.3. The Hall–Kier alpha value is -5.43. The summed E-state index contributed by atoms with van der Waals surface area (Å²) in [7, 11) is 0. The van der Waals surface area contributed by atoms with Crippen LogP contribution in [-0.4, -0.2) is 56.5 Å². The fraction of sp³-hybridized carbons (Fsp3) is 0.172. The van der Waals surface area contributed by atoms with Gasteiger partial charge >= 0.3 is 11.9 Å². The number of hydrogen-bond donors (Lipinski definition) is 7. The van der Waals surface area contributed by atoms with Crippen LogP contribution in [0.1, 0.15) is 49.5 Å². The Labute approximate surface area is 250 Å². The quantitative estimate of drug-likeness (QED) is 0.116. The number of carbonyl (C=O) groups is 4. The second-order valence-electron chi connectivity index (χ2n) is 9.44. The summed E-state index contributed by atoms with van der Waals surface area (Å²) in [6, 6.07) is 14.5. The zero-order chi connectivity index (χ0) is 31.1. The van der Waals surface area contributed by atoms with Gasteiger partial charge in [-0.15, -0.1) is 0 Å². The number of carboxylic acid groups (broad SMARTS) is 2. The van der Waals surface area contributed by atoms with Gasteiger partial charge in [0.2, 0.25) is 5.95 Å². The van der Waals surface area contributed by atoms with Gasteiger partial charge in [-0.25, -0.2) is 14.6 Å². The van der Waals surface area contributed by atoms with Gasteiger partial charge in [-0.3, -0.25) is 9.59 Å². The van der Waals surface area contributed by atoms with E-state index in [4.69, 9.17) is 23.1 Å². The van der Waals surface area contributed by atoms with Crippen LogP contribution in [0, 0.1) is 0 Å². The lowest BCUT2D eigenvalue weighted by molar-refractivity contribution is -0.139. The van der Waals surface area contributed by atoms with Crippen molar-refractivity contribution in [3.05, 3.63) is 87.9 Å². The third kappa shape index (κ3) is 7.45. The number of halogens is 1. The average Bonchev–Trinajstić information content (AvgIpc) is 2.97. The summed E-state index contributed by atoms with van der Waals surface area (Å²) in [5.41, 5.74) is 13.7. The summed E-state index contributed by atoms with van der Waals surface area (Å²) < 4.78 is 0. The highest BCUT2D eigenvalue weighted by Crippen LogP contribution is 2.31. The molecule has 1 heterocycles. The maximum Gasteiger partial charge on any atom is 0.336 e. The molecule has 4 aromatic rings. The van der Waals surface area contributed by atoms with E-state index in [9.17, 15) is 29.4 Å². The Balaban J connectivity index is 1.29. The second-order valence-corrected chi connectivity index (χ2v) is 9.82. The topological polar surface area (TPSA) is 223 Å². The first kappa shape index (κ1) is 30.5. The average molecular weight is 606 g/mol. The van der Waals surface area contributed by atoms with Crippen LogP contribution in [0.15, 0.2) is 60.7 Å². The number of aromatic nitrogens is 2. The molecule has 0 fully saturated rings. The highest BCUT2D eigenvalue weighted by atomic mass is 35.5. The molecule has 222 valence electrons. The van der Waals surface area contributed by atoms with Crippen molar-refractivity contribution >= 4 is 63.7 Å². The van der Waals surface area contributed by atoms with Crippen molar-refractivity contribution < 1.29 is 29.4 Å². The number of nitrogens with one attached hydrogen (secondary N) is 3. The van der Waals surface area contributed by atoms with E-state index in [2.05, 4.69) is 25.9 Å². The summed E-state index contributed by atoms with van der Waals surface area (Å²) in [5, 5.41) is 28.0. The number of anilines is 3. The molecule has 4 rings (SSSR count). The van der Waals surface area contributed by atoms with E-state index in [1.807, 2.05) is 0 Å². The van der Waals surface area contributed by atoms with E-state index in [1.54, 1.807) is 42.5 Å².